The van der Waals surface area contributed by atoms with Crippen LogP contribution in [0.25, 0.3) is 0 Å². The summed E-state index contributed by atoms with van der Waals surface area (Å²) in [5.41, 5.74) is 0. The number of hydrogen-bond acceptors (Lipinski definition) is 4. The maximum Gasteiger partial charge on any atom is 0.154 e. The summed E-state index contributed by atoms with van der Waals surface area (Å²) < 4.78 is 10.2. The molecule has 0 bridgehead atoms. The fourth-order valence-electron chi connectivity index (χ4n) is 0.925. The molecular formula is C7H12O4. The Labute approximate surface area is 65.6 Å². The van der Waals surface area contributed by atoms with Gasteiger partial charge < -0.3 is 9.47 Å². The lowest BCUT2D eigenvalue weighted by Crippen LogP contribution is -2.28. The van der Waals surface area contributed by atoms with Crippen LogP contribution in [0, 0.1) is 0 Å². The standard InChI is InChI=1S/C7H12O4/c1-8-6-3-4-10-7(6)5-11-9-2/h3-4,6-7H,5H2,1-2H3/t6-,7+/m0/s1. The fourth-order valence-corrected chi connectivity index (χ4v) is 0.925. The summed E-state index contributed by atoms with van der Waals surface area (Å²) in [6.07, 6.45) is 3.34. The van der Waals surface area contributed by atoms with Crippen LogP contribution in [0.3, 0.4) is 0 Å². The van der Waals surface area contributed by atoms with E-state index in [9.17, 15) is 0 Å². The SMILES string of the molecule is COOC[C@H]1OC=C[C@@H]1OC. The number of hydrogen-bond donors (Lipinski definition) is 0. The van der Waals surface area contributed by atoms with Crippen LogP contribution in [-0.4, -0.2) is 33.0 Å². The van der Waals surface area contributed by atoms with Gasteiger partial charge >= 0.3 is 0 Å². The van der Waals surface area contributed by atoms with Gasteiger partial charge in [-0.15, -0.1) is 0 Å². The van der Waals surface area contributed by atoms with E-state index in [0.717, 1.165) is 0 Å². The van der Waals surface area contributed by atoms with Gasteiger partial charge in [-0.25, -0.2) is 9.78 Å². The second kappa shape index (κ2) is 4.33. The van der Waals surface area contributed by atoms with Gasteiger partial charge in [0, 0.05) is 7.11 Å². The zero-order chi connectivity index (χ0) is 8.10. The Morgan fingerprint density at radius 1 is 1.45 bits per heavy atom. The molecule has 0 saturated heterocycles. The average Bonchev–Trinajstić information content (AvgIpc) is 2.47. The monoisotopic (exact) mass is 160 g/mol. The Hall–Kier alpha value is -0.580. The minimum absolute atomic E-state index is 0.0230. The normalized spacial score (nSPS) is 28.9. The first-order valence-corrected chi connectivity index (χ1v) is 3.39. The van der Waals surface area contributed by atoms with Crippen molar-refractivity contribution < 1.29 is 19.2 Å². The number of ether oxygens (including phenoxy) is 2. The number of methoxy groups -OCH3 is 1. The highest BCUT2D eigenvalue weighted by Gasteiger charge is 2.24. The van der Waals surface area contributed by atoms with Crippen LogP contribution in [0.4, 0.5) is 0 Å². The Bertz CT molecular complexity index is 134. The lowest BCUT2D eigenvalue weighted by atomic mass is 10.2. The molecule has 11 heavy (non-hydrogen) atoms. The third-order valence-corrected chi connectivity index (χ3v) is 1.51. The molecule has 1 aliphatic rings. The molecule has 0 spiro atoms. The summed E-state index contributed by atoms with van der Waals surface area (Å²) in [5.74, 6) is 0. The van der Waals surface area contributed by atoms with Gasteiger partial charge in [0.2, 0.25) is 0 Å². The van der Waals surface area contributed by atoms with Gasteiger partial charge in [0.25, 0.3) is 0 Å². The van der Waals surface area contributed by atoms with Gasteiger partial charge in [-0.2, -0.15) is 0 Å². The van der Waals surface area contributed by atoms with E-state index in [1.807, 2.05) is 6.08 Å². The van der Waals surface area contributed by atoms with Crippen molar-refractivity contribution >= 4 is 0 Å². The molecule has 0 saturated carbocycles. The van der Waals surface area contributed by atoms with Crippen molar-refractivity contribution in [3.8, 4) is 0 Å². The van der Waals surface area contributed by atoms with Crippen molar-refractivity contribution in [2.24, 2.45) is 0 Å². The van der Waals surface area contributed by atoms with Crippen LogP contribution >= 0.6 is 0 Å². The molecule has 1 heterocycles. The summed E-state index contributed by atoms with van der Waals surface area (Å²) in [5, 5.41) is 0. The van der Waals surface area contributed by atoms with E-state index in [2.05, 4.69) is 4.89 Å². The van der Waals surface area contributed by atoms with Gasteiger partial charge in [0.15, 0.2) is 6.10 Å². The van der Waals surface area contributed by atoms with E-state index in [-0.39, 0.29) is 12.2 Å². The van der Waals surface area contributed by atoms with Gasteiger partial charge in [-0.05, 0) is 6.08 Å². The Morgan fingerprint density at radius 2 is 2.27 bits per heavy atom. The lowest BCUT2D eigenvalue weighted by molar-refractivity contribution is -0.287. The summed E-state index contributed by atoms with van der Waals surface area (Å²) in [7, 11) is 3.09. The molecule has 0 fully saturated rings. The highest BCUT2D eigenvalue weighted by molar-refractivity contribution is 4.96. The zero-order valence-electron chi connectivity index (χ0n) is 6.65. The third kappa shape index (κ3) is 2.18. The molecule has 4 heteroatoms. The molecule has 4 nitrogen and oxygen atoms in total. The highest BCUT2D eigenvalue weighted by atomic mass is 17.2. The number of rotatable bonds is 4. The first kappa shape index (κ1) is 8.52. The van der Waals surface area contributed by atoms with E-state index in [1.54, 1.807) is 13.4 Å². The highest BCUT2D eigenvalue weighted by Crippen LogP contribution is 2.13. The molecule has 0 N–H and O–H groups in total. The molecule has 64 valence electrons. The molecule has 0 radical (unpaired) electrons. The van der Waals surface area contributed by atoms with Gasteiger partial charge in [0.1, 0.15) is 12.7 Å². The lowest BCUT2D eigenvalue weighted by Gasteiger charge is -2.15. The molecule has 1 rings (SSSR count). The first-order valence-electron chi connectivity index (χ1n) is 3.39. The summed E-state index contributed by atoms with van der Waals surface area (Å²) in [6, 6.07) is 0. The predicted molar refractivity (Wildman–Crippen MR) is 37.8 cm³/mol. The zero-order valence-corrected chi connectivity index (χ0v) is 6.65. The van der Waals surface area contributed by atoms with Crippen molar-refractivity contribution in [3.05, 3.63) is 12.3 Å². The molecule has 1 aliphatic heterocycles. The van der Waals surface area contributed by atoms with E-state index in [0.29, 0.717) is 6.61 Å². The molecule has 0 amide bonds. The summed E-state index contributed by atoms with van der Waals surface area (Å²) >= 11 is 0. The molecule has 2 atom stereocenters. The van der Waals surface area contributed by atoms with E-state index in [4.69, 9.17) is 14.4 Å². The van der Waals surface area contributed by atoms with E-state index < -0.39 is 0 Å². The van der Waals surface area contributed by atoms with Crippen LogP contribution in [0.2, 0.25) is 0 Å². The van der Waals surface area contributed by atoms with Crippen LogP contribution < -0.4 is 0 Å². The second-order valence-electron chi connectivity index (χ2n) is 2.15. The Kier molecular flexibility index (Phi) is 3.35. The van der Waals surface area contributed by atoms with Crippen LogP contribution in [-0.2, 0) is 19.2 Å². The first-order chi connectivity index (χ1) is 5.38. The third-order valence-electron chi connectivity index (χ3n) is 1.51. The minimum atomic E-state index is -0.0834. The van der Waals surface area contributed by atoms with Crippen molar-refractivity contribution in [2.45, 2.75) is 12.2 Å². The van der Waals surface area contributed by atoms with Gasteiger partial charge in [-0.3, -0.25) is 0 Å². The van der Waals surface area contributed by atoms with Crippen molar-refractivity contribution in [1.82, 2.24) is 0 Å². The van der Waals surface area contributed by atoms with Gasteiger partial charge in [-0.1, -0.05) is 0 Å². The smallest absolute Gasteiger partial charge is 0.154 e. The molecule has 0 aromatic carbocycles. The second-order valence-corrected chi connectivity index (χ2v) is 2.15. The molecule has 0 aromatic rings. The quantitative estimate of drug-likeness (QED) is 0.443. The van der Waals surface area contributed by atoms with E-state index in [1.165, 1.54) is 7.11 Å². The minimum Gasteiger partial charge on any atom is -0.493 e. The molecular weight excluding hydrogens is 148 g/mol. The average molecular weight is 160 g/mol. The van der Waals surface area contributed by atoms with Crippen molar-refractivity contribution in [2.75, 3.05) is 20.8 Å². The summed E-state index contributed by atoms with van der Waals surface area (Å²) in [6.45, 7) is 0.377. The van der Waals surface area contributed by atoms with Gasteiger partial charge in [0.05, 0.1) is 13.4 Å². The van der Waals surface area contributed by atoms with Crippen LogP contribution in [0.5, 0.6) is 0 Å². The maximum atomic E-state index is 5.15. The van der Waals surface area contributed by atoms with Crippen LogP contribution in [0.1, 0.15) is 0 Å². The van der Waals surface area contributed by atoms with E-state index >= 15 is 0 Å². The summed E-state index contributed by atoms with van der Waals surface area (Å²) in [4.78, 5) is 9.14. The predicted octanol–water partition coefficient (Wildman–Crippen LogP) is 0.492. The molecule has 0 unspecified atom stereocenters. The Morgan fingerprint density at radius 3 is 2.91 bits per heavy atom. The van der Waals surface area contributed by atoms with Crippen LogP contribution in [0.15, 0.2) is 12.3 Å². The topological polar surface area (TPSA) is 36.9 Å². The molecule has 0 aromatic heterocycles. The maximum absolute atomic E-state index is 5.15. The largest absolute Gasteiger partial charge is 0.493 e. The molecule has 0 aliphatic carbocycles. The Balaban J connectivity index is 2.23. The van der Waals surface area contributed by atoms with Crippen molar-refractivity contribution in [1.29, 1.82) is 0 Å². The van der Waals surface area contributed by atoms with Crippen molar-refractivity contribution in [3.63, 3.8) is 0 Å². The fraction of sp³-hybridized carbons (Fsp3) is 0.714.